The quantitative estimate of drug-likeness (QED) is 0.618. The second-order valence-electron chi connectivity index (χ2n) is 5.23. The average Bonchev–Trinajstić information content (AvgIpc) is 2.38. The largest absolute Gasteiger partial charge is 0.482 e. The average molecular weight is 263 g/mol. The number of aryl methyl sites for hydroxylation is 1. The molecule has 0 aliphatic heterocycles. The molecular weight excluding hydrogens is 246 g/mol. The Morgan fingerprint density at radius 3 is 2.74 bits per heavy atom. The lowest BCUT2D eigenvalue weighted by Crippen LogP contribution is -2.54. The first-order valence-corrected chi connectivity index (χ1v) is 6.33. The number of ketones is 1. The molecule has 0 heterocycles. The zero-order valence-electron chi connectivity index (χ0n) is 11.3. The highest BCUT2D eigenvalue weighted by Gasteiger charge is 2.52. The highest BCUT2D eigenvalue weighted by atomic mass is 16.6. The summed E-state index contributed by atoms with van der Waals surface area (Å²) in [4.78, 5) is 22.2. The molecule has 0 aromatic heterocycles. The zero-order chi connectivity index (χ0) is 14.2. The predicted octanol–water partition coefficient (Wildman–Crippen LogP) is 3.04. The smallest absolute Gasteiger partial charge is 0.311 e. The lowest BCUT2D eigenvalue weighted by molar-refractivity contribution is -0.386. The van der Waals surface area contributed by atoms with Crippen molar-refractivity contribution < 1.29 is 14.5 Å². The van der Waals surface area contributed by atoms with Gasteiger partial charge in [0.05, 0.1) is 10.3 Å². The Labute approximate surface area is 111 Å². The first kappa shape index (κ1) is 13.5. The molecule has 19 heavy (non-hydrogen) atoms. The van der Waals surface area contributed by atoms with E-state index in [4.69, 9.17) is 4.74 Å². The molecular formula is C14H17NO4. The molecule has 2 unspecified atom stereocenters. The Morgan fingerprint density at radius 1 is 1.53 bits per heavy atom. The number of carbonyl (C=O) groups is 1. The summed E-state index contributed by atoms with van der Waals surface area (Å²) in [5.74, 6) is 0.405. The Kier molecular flexibility index (Phi) is 3.30. The zero-order valence-corrected chi connectivity index (χ0v) is 11.3. The third-order valence-electron chi connectivity index (χ3n) is 4.03. The van der Waals surface area contributed by atoms with Crippen LogP contribution in [0.1, 0.15) is 32.3 Å². The highest BCUT2D eigenvalue weighted by molar-refractivity contribution is 5.92. The minimum atomic E-state index is -0.515. The molecule has 2 atom stereocenters. The van der Waals surface area contributed by atoms with Crippen molar-refractivity contribution in [3.05, 3.63) is 33.9 Å². The van der Waals surface area contributed by atoms with Gasteiger partial charge in [-0.1, -0.05) is 13.0 Å². The summed E-state index contributed by atoms with van der Waals surface area (Å²) < 4.78 is 5.71. The number of benzene rings is 1. The third-order valence-corrected chi connectivity index (χ3v) is 4.03. The first-order valence-electron chi connectivity index (χ1n) is 6.33. The number of nitrogens with zero attached hydrogens (tertiary/aromatic N) is 1. The van der Waals surface area contributed by atoms with E-state index in [0.717, 1.165) is 5.56 Å². The van der Waals surface area contributed by atoms with Crippen LogP contribution in [0.4, 0.5) is 5.69 Å². The fourth-order valence-corrected chi connectivity index (χ4v) is 2.29. The molecule has 0 bridgehead atoms. The van der Waals surface area contributed by atoms with Crippen molar-refractivity contribution in [2.45, 2.75) is 39.7 Å². The molecule has 0 spiro atoms. The van der Waals surface area contributed by atoms with Gasteiger partial charge in [-0.25, -0.2) is 0 Å². The fourth-order valence-electron chi connectivity index (χ4n) is 2.29. The standard InChI is InChI=1S/C14H17NO4/c1-4-14(3)12(16)8-13(14)19-11-6-5-9(2)7-10(11)15(17)18/h5-7,13H,4,8H2,1-3H3. The van der Waals surface area contributed by atoms with Crippen molar-refractivity contribution in [1.29, 1.82) is 0 Å². The number of carbonyl (C=O) groups excluding carboxylic acids is 1. The molecule has 102 valence electrons. The molecule has 1 fully saturated rings. The van der Waals surface area contributed by atoms with Crippen LogP contribution in [0.15, 0.2) is 18.2 Å². The van der Waals surface area contributed by atoms with E-state index in [1.54, 1.807) is 19.1 Å². The third kappa shape index (κ3) is 2.20. The number of hydrogen-bond donors (Lipinski definition) is 0. The molecule has 1 aromatic rings. The van der Waals surface area contributed by atoms with Crippen molar-refractivity contribution in [2.24, 2.45) is 5.41 Å². The highest BCUT2D eigenvalue weighted by Crippen LogP contribution is 2.44. The van der Waals surface area contributed by atoms with E-state index in [1.807, 2.05) is 13.8 Å². The van der Waals surface area contributed by atoms with Crippen LogP contribution in [0.25, 0.3) is 0 Å². The maximum atomic E-state index is 11.6. The fraction of sp³-hybridized carbons (Fsp3) is 0.500. The van der Waals surface area contributed by atoms with E-state index in [9.17, 15) is 14.9 Å². The lowest BCUT2D eigenvalue weighted by Gasteiger charge is -2.44. The SMILES string of the molecule is CCC1(C)C(=O)CC1Oc1ccc(C)cc1[N+](=O)[O-]. The minimum absolute atomic E-state index is 0.0437. The van der Waals surface area contributed by atoms with Crippen LogP contribution >= 0.6 is 0 Å². The molecule has 5 nitrogen and oxygen atoms in total. The Hall–Kier alpha value is -1.91. The van der Waals surface area contributed by atoms with Gasteiger partial charge in [-0.05, 0) is 31.9 Å². The Bertz CT molecular complexity index is 540. The van der Waals surface area contributed by atoms with Crippen molar-refractivity contribution in [1.82, 2.24) is 0 Å². The van der Waals surface area contributed by atoms with E-state index in [2.05, 4.69) is 0 Å². The van der Waals surface area contributed by atoms with Crippen molar-refractivity contribution in [2.75, 3.05) is 0 Å². The van der Waals surface area contributed by atoms with Gasteiger partial charge >= 0.3 is 5.69 Å². The van der Waals surface area contributed by atoms with Crippen molar-refractivity contribution in [3.8, 4) is 5.75 Å². The van der Waals surface area contributed by atoms with Crippen LogP contribution in [0, 0.1) is 22.5 Å². The second kappa shape index (κ2) is 4.64. The maximum Gasteiger partial charge on any atom is 0.311 e. The van der Waals surface area contributed by atoms with Crippen LogP contribution in [0.3, 0.4) is 0 Å². The Morgan fingerprint density at radius 2 is 2.21 bits per heavy atom. The van der Waals surface area contributed by atoms with Gasteiger partial charge < -0.3 is 4.74 Å². The molecule has 0 N–H and O–H groups in total. The van der Waals surface area contributed by atoms with Crippen LogP contribution in [-0.4, -0.2) is 16.8 Å². The van der Waals surface area contributed by atoms with Gasteiger partial charge in [0.2, 0.25) is 0 Å². The molecule has 1 aromatic carbocycles. The summed E-state index contributed by atoms with van der Waals surface area (Å²) in [6.45, 7) is 5.57. The molecule has 1 aliphatic rings. The summed E-state index contributed by atoms with van der Waals surface area (Å²) in [7, 11) is 0. The lowest BCUT2D eigenvalue weighted by atomic mass is 9.64. The molecule has 0 radical (unpaired) electrons. The van der Waals surface area contributed by atoms with E-state index < -0.39 is 10.3 Å². The summed E-state index contributed by atoms with van der Waals surface area (Å²) in [6, 6.07) is 4.86. The number of Topliss-reactive ketones (excluding diaryl/α,β-unsaturated/α-hetero) is 1. The molecule has 0 saturated heterocycles. The van der Waals surface area contributed by atoms with E-state index in [-0.39, 0.29) is 23.3 Å². The molecule has 1 saturated carbocycles. The van der Waals surface area contributed by atoms with Crippen LogP contribution in [-0.2, 0) is 4.79 Å². The van der Waals surface area contributed by atoms with Gasteiger partial charge in [0.25, 0.3) is 0 Å². The van der Waals surface area contributed by atoms with Gasteiger partial charge in [0.1, 0.15) is 11.9 Å². The van der Waals surface area contributed by atoms with Crippen LogP contribution in [0.2, 0.25) is 0 Å². The maximum absolute atomic E-state index is 11.6. The summed E-state index contributed by atoms with van der Waals surface area (Å²) in [5, 5.41) is 11.0. The monoisotopic (exact) mass is 263 g/mol. The van der Waals surface area contributed by atoms with E-state index in [1.165, 1.54) is 6.07 Å². The van der Waals surface area contributed by atoms with Gasteiger partial charge in [0, 0.05) is 12.5 Å². The summed E-state index contributed by atoms with van der Waals surface area (Å²) in [6.07, 6.45) is 0.734. The molecule has 5 heteroatoms. The number of ether oxygens (including phenoxy) is 1. The Balaban J connectivity index is 2.25. The van der Waals surface area contributed by atoms with Gasteiger partial charge in [-0.3, -0.25) is 14.9 Å². The predicted molar refractivity (Wildman–Crippen MR) is 70.3 cm³/mol. The van der Waals surface area contributed by atoms with Crippen LogP contribution in [0.5, 0.6) is 5.75 Å². The first-order chi connectivity index (χ1) is 8.88. The van der Waals surface area contributed by atoms with Crippen LogP contribution < -0.4 is 4.74 Å². The number of nitro groups is 1. The summed E-state index contributed by atoms with van der Waals surface area (Å²) in [5.41, 5.74) is 0.249. The van der Waals surface area contributed by atoms with Gasteiger partial charge in [0.15, 0.2) is 5.75 Å². The second-order valence-corrected chi connectivity index (χ2v) is 5.23. The normalized spacial score (nSPS) is 25.8. The van der Waals surface area contributed by atoms with Gasteiger partial charge in [-0.15, -0.1) is 0 Å². The van der Waals surface area contributed by atoms with E-state index >= 15 is 0 Å². The topological polar surface area (TPSA) is 69.4 Å². The van der Waals surface area contributed by atoms with Crippen molar-refractivity contribution in [3.63, 3.8) is 0 Å². The van der Waals surface area contributed by atoms with Crippen molar-refractivity contribution >= 4 is 11.5 Å². The van der Waals surface area contributed by atoms with Gasteiger partial charge in [-0.2, -0.15) is 0 Å². The molecule has 2 rings (SSSR count). The number of hydrogen-bond acceptors (Lipinski definition) is 4. The minimum Gasteiger partial charge on any atom is -0.482 e. The summed E-state index contributed by atoms with van der Waals surface area (Å²) >= 11 is 0. The molecule has 0 amide bonds. The number of rotatable bonds is 4. The number of nitro benzene ring substituents is 1. The van der Waals surface area contributed by atoms with E-state index in [0.29, 0.717) is 12.8 Å². The molecule has 1 aliphatic carbocycles.